The minimum absolute atomic E-state index is 0.0173. The van der Waals surface area contributed by atoms with Crippen molar-refractivity contribution in [1.29, 1.82) is 0 Å². The van der Waals surface area contributed by atoms with Crippen molar-refractivity contribution in [3.8, 4) is 0 Å². The van der Waals surface area contributed by atoms with E-state index in [2.05, 4.69) is 15.1 Å². The lowest BCUT2D eigenvalue weighted by atomic mass is 10.1. The number of H-pyrrole nitrogens is 1. The van der Waals surface area contributed by atoms with Gasteiger partial charge in [0.2, 0.25) is 0 Å². The molecule has 3 rings (SSSR count). The number of nitrogens with two attached hydrogens (primary N) is 1. The molecule has 0 aliphatic carbocycles. The van der Waals surface area contributed by atoms with Gasteiger partial charge in [-0.25, -0.2) is 0 Å². The number of nitrogens with one attached hydrogen (secondary N) is 1. The van der Waals surface area contributed by atoms with Gasteiger partial charge >= 0.3 is 0 Å². The van der Waals surface area contributed by atoms with E-state index in [4.69, 9.17) is 5.73 Å². The molecule has 1 atom stereocenters. The molecule has 6 heteroatoms. The molecular formula is C13H21N5O. The van der Waals surface area contributed by atoms with Crippen molar-refractivity contribution in [3.63, 3.8) is 0 Å². The van der Waals surface area contributed by atoms with E-state index < -0.39 is 0 Å². The predicted octanol–water partition coefficient (Wildman–Crippen LogP) is 0.692. The summed E-state index contributed by atoms with van der Waals surface area (Å²) in [5, 5.41) is 6.51. The van der Waals surface area contributed by atoms with Crippen molar-refractivity contribution >= 4 is 11.7 Å². The predicted molar refractivity (Wildman–Crippen MR) is 72.7 cm³/mol. The molecule has 0 bridgehead atoms. The van der Waals surface area contributed by atoms with Crippen LogP contribution in [-0.4, -0.2) is 58.1 Å². The lowest BCUT2D eigenvalue weighted by Gasteiger charge is -2.32. The Morgan fingerprint density at radius 1 is 1.32 bits per heavy atom. The highest BCUT2D eigenvalue weighted by Gasteiger charge is 2.31. The van der Waals surface area contributed by atoms with Crippen molar-refractivity contribution < 1.29 is 4.79 Å². The number of aromatic nitrogens is 2. The summed E-state index contributed by atoms with van der Waals surface area (Å²) in [6.07, 6.45) is 5.01. The highest BCUT2D eigenvalue weighted by molar-refractivity contribution is 5.93. The van der Waals surface area contributed by atoms with Gasteiger partial charge in [-0.1, -0.05) is 6.42 Å². The normalized spacial score (nSPS) is 24.8. The van der Waals surface area contributed by atoms with Gasteiger partial charge in [0.1, 0.15) is 11.5 Å². The molecule has 1 aromatic heterocycles. The van der Waals surface area contributed by atoms with Crippen LogP contribution in [0.25, 0.3) is 0 Å². The average molecular weight is 263 g/mol. The van der Waals surface area contributed by atoms with Crippen molar-refractivity contribution in [2.45, 2.75) is 31.7 Å². The number of nitrogen functional groups attached to an aromatic ring is 1. The first-order valence-electron chi connectivity index (χ1n) is 7.08. The Bertz CT molecular complexity index is 452. The molecule has 1 unspecified atom stereocenters. The minimum Gasteiger partial charge on any atom is -0.382 e. The maximum atomic E-state index is 12.3. The monoisotopic (exact) mass is 263 g/mol. The van der Waals surface area contributed by atoms with Crippen molar-refractivity contribution in [1.82, 2.24) is 20.0 Å². The smallest absolute Gasteiger partial charge is 0.271 e. The second-order valence-corrected chi connectivity index (χ2v) is 5.50. The highest BCUT2D eigenvalue weighted by atomic mass is 16.2. The fourth-order valence-corrected chi connectivity index (χ4v) is 3.12. The van der Waals surface area contributed by atoms with Gasteiger partial charge in [0.25, 0.3) is 5.91 Å². The van der Waals surface area contributed by atoms with Gasteiger partial charge in [-0.3, -0.25) is 14.8 Å². The van der Waals surface area contributed by atoms with Crippen LogP contribution in [0.5, 0.6) is 0 Å². The van der Waals surface area contributed by atoms with Crippen LogP contribution in [0.4, 0.5) is 5.82 Å². The molecule has 2 saturated heterocycles. The lowest BCUT2D eigenvalue weighted by molar-refractivity contribution is 0.0766. The first-order valence-corrected chi connectivity index (χ1v) is 7.08. The Balaban J connectivity index is 1.60. The van der Waals surface area contributed by atoms with Crippen LogP contribution in [0.1, 0.15) is 36.2 Å². The number of amides is 1. The fourth-order valence-electron chi connectivity index (χ4n) is 3.12. The summed E-state index contributed by atoms with van der Waals surface area (Å²) in [7, 11) is 0. The van der Waals surface area contributed by atoms with Gasteiger partial charge < -0.3 is 10.6 Å². The van der Waals surface area contributed by atoms with Crippen LogP contribution < -0.4 is 5.73 Å². The number of aromatic amines is 1. The lowest BCUT2D eigenvalue weighted by Crippen LogP contribution is -2.41. The molecule has 1 amide bonds. The zero-order valence-corrected chi connectivity index (χ0v) is 11.1. The fraction of sp³-hybridized carbons (Fsp3) is 0.692. The van der Waals surface area contributed by atoms with E-state index in [1.54, 1.807) is 6.07 Å². The van der Waals surface area contributed by atoms with Crippen LogP contribution in [0.2, 0.25) is 0 Å². The summed E-state index contributed by atoms with van der Waals surface area (Å²) < 4.78 is 0. The van der Waals surface area contributed by atoms with E-state index in [1.807, 2.05) is 4.90 Å². The van der Waals surface area contributed by atoms with Crippen molar-refractivity contribution in [2.24, 2.45) is 0 Å². The summed E-state index contributed by atoms with van der Waals surface area (Å²) in [5.74, 6) is 0.388. The quantitative estimate of drug-likeness (QED) is 0.823. The molecule has 2 aliphatic rings. The Morgan fingerprint density at radius 2 is 2.11 bits per heavy atom. The third-order valence-corrected chi connectivity index (χ3v) is 4.19. The van der Waals surface area contributed by atoms with Gasteiger partial charge in [-0.15, -0.1) is 0 Å². The number of carbonyl (C=O) groups is 1. The molecule has 19 heavy (non-hydrogen) atoms. The van der Waals surface area contributed by atoms with Gasteiger partial charge in [0, 0.05) is 25.2 Å². The van der Waals surface area contributed by atoms with E-state index in [1.165, 1.54) is 32.4 Å². The van der Waals surface area contributed by atoms with E-state index in [0.717, 1.165) is 19.5 Å². The summed E-state index contributed by atoms with van der Waals surface area (Å²) in [4.78, 5) is 16.7. The summed E-state index contributed by atoms with van der Waals surface area (Å²) in [6.45, 7) is 4.03. The molecule has 2 fully saturated rings. The Kier molecular flexibility index (Phi) is 3.42. The van der Waals surface area contributed by atoms with Crippen molar-refractivity contribution in [3.05, 3.63) is 11.8 Å². The number of hydrogen-bond donors (Lipinski definition) is 2. The topological polar surface area (TPSA) is 78.3 Å². The first kappa shape index (κ1) is 12.5. The Morgan fingerprint density at radius 3 is 2.79 bits per heavy atom. The molecule has 0 spiro atoms. The second kappa shape index (κ2) is 5.21. The first-order chi connectivity index (χ1) is 9.24. The highest BCUT2D eigenvalue weighted by Crippen LogP contribution is 2.21. The number of likely N-dealkylation sites (tertiary alicyclic amines) is 2. The van der Waals surface area contributed by atoms with Crippen LogP contribution in [-0.2, 0) is 0 Å². The molecular weight excluding hydrogens is 242 g/mol. The summed E-state index contributed by atoms with van der Waals surface area (Å²) in [5.41, 5.74) is 6.03. The average Bonchev–Trinajstić information content (AvgIpc) is 3.08. The van der Waals surface area contributed by atoms with Crippen LogP contribution in [0.15, 0.2) is 6.07 Å². The zero-order valence-electron chi connectivity index (χ0n) is 11.1. The molecule has 0 aromatic carbocycles. The third-order valence-electron chi connectivity index (χ3n) is 4.19. The minimum atomic E-state index is 0.0173. The van der Waals surface area contributed by atoms with E-state index >= 15 is 0 Å². The van der Waals surface area contributed by atoms with Crippen molar-refractivity contribution in [2.75, 3.05) is 31.9 Å². The van der Waals surface area contributed by atoms with Gasteiger partial charge in [-0.05, 0) is 32.4 Å². The number of piperidine rings is 1. The maximum Gasteiger partial charge on any atom is 0.271 e. The molecule has 3 heterocycles. The summed E-state index contributed by atoms with van der Waals surface area (Å²) >= 11 is 0. The Hall–Kier alpha value is -1.56. The van der Waals surface area contributed by atoms with Crippen LogP contribution >= 0.6 is 0 Å². The van der Waals surface area contributed by atoms with Gasteiger partial charge in [0.05, 0.1) is 0 Å². The van der Waals surface area contributed by atoms with E-state index in [-0.39, 0.29) is 5.91 Å². The van der Waals surface area contributed by atoms with Gasteiger partial charge in [-0.2, -0.15) is 5.10 Å². The molecule has 104 valence electrons. The number of nitrogens with zero attached hydrogens (tertiary/aromatic N) is 3. The SMILES string of the molecule is Nc1cc(C(=O)N2CCC(N3CCCCC3)C2)[nH]n1. The molecule has 0 radical (unpaired) electrons. The zero-order chi connectivity index (χ0) is 13.2. The van der Waals surface area contributed by atoms with E-state index in [9.17, 15) is 4.79 Å². The number of rotatable bonds is 2. The number of anilines is 1. The molecule has 6 nitrogen and oxygen atoms in total. The molecule has 0 saturated carbocycles. The number of carbonyl (C=O) groups excluding carboxylic acids is 1. The Labute approximate surface area is 112 Å². The number of hydrogen-bond acceptors (Lipinski definition) is 4. The molecule has 2 aliphatic heterocycles. The standard InChI is InChI=1S/C13H21N5O/c14-12-8-11(15-16-12)13(19)18-7-4-10(9-18)17-5-2-1-3-6-17/h8,10H,1-7,9H2,(H3,14,15,16). The van der Waals surface area contributed by atoms with Crippen LogP contribution in [0.3, 0.4) is 0 Å². The van der Waals surface area contributed by atoms with Gasteiger partial charge in [0.15, 0.2) is 0 Å². The largest absolute Gasteiger partial charge is 0.382 e. The maximum absolute atomic E-state index is 12.3. The molecule has 1 aromatic rings. The molecule has 3 N–H and O–H groups in total. The second-order valence-electron chi connectivity index (χ2n) is 5.50. The third kappa shape index (κ3) is 2.58. The van der Waals surface area contributed by atoms with Crippen LogP contribution in [0, 0.1) is 0 Å². The summed E-state index contributed by atoms with van der Waals surface area (Å²) in [6, 6.07) is 2.14. The van der Waals surface area contributed by atoms with E-state index in [0.29, 0.717) is 17.6 Å².